The maximum Gasteiger partial charge on any atom is 0.410 e. The number of ether oxygens (including phenoxy) is 1. The van der Waals surface area contributed by atoms with Crippen molar-refractivity contribution >= 4 is 6.09 Å². The second-order valence-electron chi connectivity index (χ2n) is 8.14. The van der Waals surface area contributed by atoms with Crippen LogP contribution in [0.25, 0.3) is 0 Å². The highest BCUT2D eigenvalue weighted by atomic mass is 16.6. The van der Waals surface area contributed by atoms with Crippen molar-refractivity contribution in [3.8, 4) is 0 Å². The van der Waals surface area contributed by atoms with E-state index in [4.69, 9.17) is 4.74 Å². The van der Waals surface area contributed by atoms with Gasteiger partial charge in [-0.25, -0.2) is 4.79 Å². The molecule has 5 nitrogen and oxygen atoms in total. The summed E-state index contributed by atoms with van der Waals surface area (Å²) in [5.74, 6) is 1.39. The van der Waals surface area contributed by atoms with Gasteiger partial charge in [0.2, 0.25) is 0 Å². The smallest absolute Gasteiger partial charge is 0.410 e. The highest BCUT2D eigenvalue weighted by Crippen LogP contribution is 2.21. The molecule has 0 aromatic heterocycles. The van der Waals surface area contributed by atoms with Crippen molar-refractivity contribution in [1.29, 1.82) is 0 Å². The third-order valence-corrected chi connectivity index (χ3v) is 4.73. The van der Waals surface area contributed by atoms with Crippen LogP contribution in [0.2, 0.25) is 0 Å². The first kappa shape index (κ1) is 18.5. The third kappa shape index (κ3) is 7.08. The van der Waals surface area contributed by atoms with Crippen molar-refractivity contribution in [1.82, 2.24) is 15.5 Å². The Morgan fingerprint density at radius 3 is 2.74 bits per heavy atom. The van der Waals surface area contributed by atoms with Crippen LogP contribution in [-0.4, -0.2) is 55.9 Å². The van der Waals surface area contributed by atoms with Crippen LogP contribution in [0.1, 0.15) is 52.9 Å². The predicted octanol–water partition coefficient (Wildman–Crippen LogP) is 2.61. The minimum atomic E-state index is -0.403. The van der Waals surface area contributed by atoms with Gasteiger partial charge in [0.1, 0.15) is 5.60 Å². The van der Waals surface area contributed by atoms with Gasteiger partial charge in [0.15, 0.2) is 0 Å². The third-order valence-electron chi connectivity index (χ3n) is 4.73. The van der Waals surface area contributed by atoms with Crippen LogP contribution >= 0.6 is 0 Å². The second kappa shape index (κ2) is 8.88. The summed E-state index contributed by atoms with van der Waals surface area (Å²) in [6.45, 7) is 12.0. The van der Waals surface area contributed by atoms with E-state index in [0.29, 0.717) is 5.92 Å². The molecule has 2 unspecified atom stereocenters. The van der Waals surface area contributed by atoms with Gasteiger partial charge in [0.05, 0.1) is 0 Å². The van der Waals surface area contributed by atoms with Crippen LogP contribution in [0.15, 0.2) is 0 Å². The molecule has 2 aliphatic rings. The summed E-state index contributed by atoms with van der Waals surface area (Å²) >= 11 is 0. The molecule has 0 aliphatic carbocycles. The summed E-state index contributed by atoms with van der Waals surface area (Å²) < 4.78 is 5.49. The van der Waals surface area contributed by atoms with Crippen molar-refractivity contribution in [3.05, 3.63) is 0 Å². The lowest BCUT2D eigenvalue weighted by atomic mass is 9.94. The molecular weight excluding hydrogens is 290 g/mol. The largest absolute Gasteiger partial charge is 0.444 e. The van der Waals surface area contributed by atoms with Crippen LogP contribution < -0.4 is 10.6 Å². The minimum Gasteiger partial charge on any atom is -0.444 e. The lowest BCUT2D eigenvalue weighted by Crippen LogP contribution is -2.43. The average molecular weight is 325 g/mol. The minimum absolute atomic E-state index is 0.150. The van der Waals surface area contributed by atoms with Crippen LogP contribution in [0, 0.1) is 11.8 Å². The molecule has 2 fully saturated rings. The summed E-state index contributed by atoms with van der Waals surface area (Å²) in [5.41, 5.74) is -0.403. The topological polar surface area (TPSA) is 53.6 Å². The van der Waals surface area contributed by atoms with Gasteiger partial charge in [-0.2, -0.15) is 0 Å². The molecule has 0 saturated carbocycles. The SMILES string of the molecule is CC(C)(C)OC(=O)N1CCCC(CCNCC2CCCNC2)C1. The molecule has 23 heavy (non-hydrogen) atoms. The molecule has 2 saturated heterocycles. The fourth-order valence-corrected chi connectivity index (χ4v) is 3.50. The zero-order valence-electron chi connectivity index (χ0n) is 15.2. The maximum absolute atomic E-state index is 12.2. The summed E-state index contributed by atoms with van der Waals surface area (Å²) in [5, 5.41) is 7.07. The van der Waals surface area contributed by atoms with E-state index in [1.54, 1.807) is 0 Å². The van der Waals surface area contributed by atoms with Crippen LogP contribution in [0.4, 0.5) is 4.79 Å². The molecule has 0 bridgehead atoms. The highest BCUT2D eigenvalue weighted by molar-refractivity contribution is 5.68. The Kier molecular flexibility index (Phi) is 7.15. The normalized spacial score (nSPS) is 26.1. The number of amides is 1. The molecule has 0 aromatic carbocycles. The molecule has 0 aromatic rings. The number of nitrogens with zero attached hydrogens (tertiary/aromatic N) is 1. The van der Waals surface area contributed by atoms with Crippen LogP contribution in [0.3, 0.4) is 0 Å². The van der Waals surface area contributed by atoms with Gasteiger partial charge in [-0.3, -0.25) is 0 Å². The number of likely N-dealkylation sites (tertiary alicyclic amines) is 1. The fraction of sp³-hybridized carbons (Fsp3) is 0.944. The first-order valence-electron chi connectivity index (χ1n) is 9.33. The first-order valence-corrected chi connectivity index (χ1v) is 9.33. The van der Waals surface area contributed by atoms with Crippen molar-refractivity contribution < 1.29 is 9.53 Å². The van der Waals surface area contributed by atoms with Gasteiger partial charge in [0.25, 0.3) is 0 Å². The van der Waals surface area contributed by atoms with E-state index >= 15 is 0 Å². The summed E-state index contributed by atoms with van der Waals surface area (Å²) in [4.78, 5) is 14.1. The standard InChI is InChI=1S/C18H35N3O2/c1-18(2,3)23-17(22)21-11-5-7-15(14-21)8-10-20-13-16-6-4-9-19-12-16/h15-16,19-20H,4-14H2,1-3H3. The Morgan fingerprint density at radius 2 is 2.04 bits per heavy atom. The Labute approximate surface area is 141 Å². The Hall–Kier alpha value is -0.810. The van der Waals surface area contributed by atoms with Gasteiger partial charge in [-0.1, -0.05) is 0 Å². The molecule has 2 heterocycles. The summed E-state index contributed by atoms with van der Waals surface area (Å²) in [6, 6.07) is 0. The van der Waals surface area contributed by atoms with Crippen LogP contribution in [-0.2, 0) is 4.74 Å². The van der Waals surface area contributed by atoms with Crippen molar-refractivity contribution in [2.24, 2.45) is 11.8 Å². The van der Waals surface area contributed by atoms with Gasteiger partial charge < -0.3 is 20.3 Å². The second-order valence-corrected chi connectivity index (χ2v) is 8.14. The molecule has 5 heteroatoms. The molecule has 0 spiro atoms. The van der Waals surface area contributed by atoms with Crippen molar-refractivity contribution in [2.45, 2.75) is 58.5 Å². The molecule has 0 radical (unpaired) electrons. The average Bonchev–Trinajstić information content (AvgIpc) is 2.51. The van der Waals surface area contributed by atoms with Crippen LogP contribution in [0.5, 0.6) is 0 Å². The lowest BCUT2D eigenvalue weighted by molar-refractivity contribution is 0.0162. The van der Waals surface area contributed by atoms with Crippen molar-refractivity contribution in [3.63, 3.8) is 0 Å². The van der Waals surface area contributed by atoms with Gasteiger partial charge >= 0.3 is 6.09 Å². The van der Waals surface area contributed by atoms with E-state index in [1.165, 1.54) is 25.8 Å². The number of carbonyl (C=O) groups excluding carboxylic acids is 1. The summed E-state index contributed by atoms with van der Waals surface area (Å²) in [7, 11) is 0. The zero-order valence-corrected chi connectivity index (χ0v) is 15.2. The molecule has 2 N–H and O–H groups in total. The zero-order chi connectivity index (χ0) is 16.7. The molecular formula is C18H35N3O2. The fourth-order valence-electron chi connectivity index (χ4n) is 3.50. The monoisotopic (exact) mass is 325 g/mol. The number of carbonyl (C=O) groups is 1. The molecule has 2 aliphatic heterocycles. The molecule has 1 amide bonds. The molecule has 2 rings (SSSR count). The predicted molar refractivity (Wildman–Crippen MR) is 93.6 cm³/mol. The van der Waals surface area contributed by atoms with E-state index in [2.05, 4.69) is 10.6 Å². The quantitative estimate of drug-likeness (QED) is 0.763. The molecule has 134 valence electrons. The van der Waals surface area contributed by atoms with E-state index in [-0.39, 0.29) is 6.09 Å². The van der Waals surface area contributed by atoms with E-state index in [9.17, 15) is 4.79 Å². The van der Waals surface area contributed by atoms with Gasteiger partial charge in [-0.15, -0.1) is 0 Å². The number of nitrogens with one attached hydrogen (secondary N) is 2. The first-order chi connectivity index (χ1) is 10.9. The number of hydrogen-bond acceptors (Lipinski definition) is 4. The van der Waals surface area contributed by atoms with E-state index < -0.39 is 5.60 Å². The highest BCUT2D eigenvalue weighted by Gasteiger charge is 2.27. The van der Waals surface area contributed by atoms with E-state index in [1.807, 2.05) is 25.7 Å². The Bertz CT molecular complexity index is 362. The maximum atomic E-state index is 12.2. The number of piperidine rings is 2. The van der Waals surface area contributed by atoms with Crippen molar-refractivity contribution in [2.75, 3.05) is 39.3 Å². The molecule has 2 atom stereocenters. The van der Waals surface area contributed by atoms with E-state index in [0.717, 1.165) is 51.5 Å². The summed E-state index contributed by atoms with van der Waals surface area (Å²) in [6.07, 6.45) is 5.97. The van der Waals surface area contributed by atoms with Gasteiger partial charge in [-0.05, 0) is 90.9 Å². The number of hydrogen-bond donors (Lipinski definition) is 2. The lowest BCUT2D eigenvalue weighted by Gasteiger charge is -2.34. The Balaban J connectivity index is 1.62. The Morgan fingerprint density at radius 1 is 1.26 bits per heavy atom. The number of rotatable bonds is 5. The van der Waals surface area contributed by atoms with Gasteiger partial charge in [0, 0.05) is 13.1 Å².